The van der Waals surface area contributed by atoms with Gasteiger partial charge in [-0.2, -0.15) is 0 Å². The van der Waals surface area contributed by atoms with Crippen LogP contribution in [0.1, 0.15) is 42.6 Å². The number of nitrogens with zero attached hydrogens (tertiary/aromatic N) is 1. The number of amides is 1. The summed E-state index contributed by atoms with van der Waals surface area (Å²) in [6.07, 6.45) is 0.580. The second-order valence-corrected chi connectivity index (χ2v) is 5.86. The number of ketones is 1. The number of aryl methyl sites for hydroxylation is 1. The Morgan fingerprint density at radius 2 is 1.86 bits per heavy atom. The van der Waals surface area contributed by atoms with E-state index >= 15 is 0 Å². The van der Waals surface area contributed by atoms with Crippen LogP contribution in [0.5, 0.6) is 0 Å². The van der Waals surface area contributed by atoms with E-state index in [1.165, 1.54) is 0 Å². The monoisotopic (exact) mass is 288 g/mol. The van der Waals surface area contributed by atoms with E-state index in [9.17, 15) is 9.59 Å². The molecule has 4 nitrogen and oxygen atoms in total. The smallest absolute Gasteiger partial charge is 0.223 e. The van der Waals surface area contributed by atoms with Crippen molar-refractivity contribution in [1.82, 2.24) is 10.2 Å². The average molecular weight is 288 g/mol. The Kier molecular flexibility index (Phi) is 5.12. The quantitative estimate of drug-likeness (QED) is 0.864. The first kappa shape index (κ1) is 15.7. The van der Waals surface area contributed by atoms with Gasteiger partial charge in [0.1, 0.15) is 0 Å². The zero-order valence-corrected chi connectivity index (χ0v) is 13.1. The van der Waals surface area contributed by atoms with Gasteiger partial charge in [-0.05, 0) is 20.8 Å². The second-order valence-electron chi connectivity index (χ2n) is 5.86. The molecule has 2 unspecified atom stereocenters. The molecule has 0 spiro atoms. The fraction of sp³-hybridized carbons (Fsp3) is 0.529. The normalized spacial score (nSPS) is 22.1. The Bertz CT molecular complexity index is 510. The maximum absolute atomic E-state index is 12.3. The number of benzene rings is 1. The van der Waals surface area contributed by atoms with Crippen molar-refractivity contribution in [3.05, 3.63) is 35.4 Å². The first-order valence-corrected chi connectivity index (χ1v) is 7.62. The summed E-state index contributed by atoms with van der Waals surface area (Å²) in [5.41, 5.74) is 1.82. The van der Waals surface area contributed by atoms with E-state index in [0.29, 0.717) is 18.0 Å². The van der Waals surface area contributed by atoms with Crippen LogP contribution in [0.15, 0.2) is 24.3 Å². The van der Waals surface area contributed by atoms with Crippen molar-refractivity contribution < 1.29 is 9.59 Å². The van der Waals surface area contributed by atoms with Crippen molar-refractivity contribution in [3.8, 4) is 0 Å². The molecule has 1 aromatic carbocycles. The molecule has 21 heavy (non-hydrogen) atoms. The van der Waals surface area contributed by atoms with Crippen LogP contribution in [0, 0.1) is 6.92 Å². The number of rotatable bonds is 4. The van der Waals surface area contributed by atoms with Gasteiger partial charge >= 0.3 is 0 Å². The zero-order chi connectivity index (χ0) is 15.4. The van der Waals surface area contributed by atoms with Crippen molar-refractivity contribution in [2.24, 2.45) is 0 Å². The van der Waals surface area contributed by atoms with Gasteiger partial charge in [0.25, 0.3) is 0 Å². The number of carbonyl (C=O) groups excluding carboxylic acids is 2. The summed E-state index contributed by atoms with van der Waals surface area (Å²) in [5.74, 6) is 0.121. The molecule has 2 atom stereocenters. The maximum Gasteiger partial charge on any atom is 0.223 e. The minimum Gasteiger partial charge on any atom is -0.337 e. The highest BCUT2D eigenvalue weighted by atomic mass is 16.2. The fourth-order valence-electron chi connectivity index (χ4n) is 2.66. The first-order valence-electron chi connectivity index (χ1n) is 7.62. The van der Waals surface area contributed by atoms with Crippen LogP contribution in [0.3, 0.4) is 0 Å². The van der Waals surface area contributed by atoms with Crippen LogP contribution < -0.4 is 5.32 Å². The summed E-state index contributed by atoms with van der Waals surface area (Å²) in [4.78, 5) is 26.3. The van der Waals surface area contributed by atoms with Gasteiger partial charge in [-0.25, -0.2) is 0 Å². The van der Waals surface area contributed by atoms with Gasteiger partial charge in [-0.3, -0.25) is 9.59 Å². The van der Waals surface area contributed by atoms with Crippen LogP contribution in [-0.4, -0.2) is 41.8 Å². The molecule has 1 fully saturated rings. The molecule has 1 heterocycles. The molecule has 0 radical (unpaired) electrons. The van der Waals surface area contributed by atoms with Crippen molar-refractivity contribution in [1.29, 1.82) is 0 Å². The molecular weight excluding hydrogens is 264 g/mol. The Balaban J connectivity index is 1.88. The largest absolute Gasteiger partial charge is 0.337 e. The minimum absolute atomic E-state index is 0.0409. The summed E-state index contributed by atoms with van der Waals surface area (Å²) in [6, 6.07) is 8.00. The molecular formula is C17H24N2O2. The second kappa shape index (κ2) is 6.85. The number of hydrogen-bond acceptors (Lipinski definition) is 3. The molecule has 2 rings (SSSR count). The Hall–Kier alpha value is -1.68. The van der Waals surface area contributed by atoms with E-state index in [0.717, 1.165) is 18.7 Å². The van der Waals surface area contributed by atoms with Crippen molar-refractivity contribution in [3.63, 3.8) is 0 Å². The average Bonchev–Trinajstić information content (AvgIpc) is 2.48. The SMILES string of the molecule is Cc1ccc(C(=O)CCC(=O)N2CCNC(C)C2C)cc1. The third-order valence-corrected chi connectivity index (χ3v) is 4.29. The van der Waals surface area contributed by atoms with Gasteiger partial charge in [0.05, 0.1) is 0 Å². The summed E-state index contributed by atoms with van der Waals surface area (Å²) in [6.45, 7) is 7.68. The van der Waals surface area contributed by atoms with Crippen LogP contribution in [0.25, 0.3) is 0 Å². The van der Waals surface area contributed by atoms with E-state index in [2.05, 4.69) is 19.2 Å². The zero-order valence-electron chi connectivity index (χ0n) is 13.1. The molecule has 1 aliphatic rings. The number of piperazine rings is 1. The van der Waals surface area contributed by atoms with Crippen molar-refractivity contribution >= 4 is 11.7 Å². The lowest BCUT2D eigenvalue weighted by Crippen LogP contribution is -2.57. The number of nitrogens with one attached hydrogen (secondary N) is 1. The molecule has 1 aliphatic heterocycles. The van der Waals surface area contributed by atoms with Crippen molar-refractivity contribution in [2.75, 3.05) is 13.1 Å². The molecule has 0 saturated carbocycles. The molecule has 0 aliphatic carbocycles. The van der Waals surface area contributed by atoms with Gasteiger partial charge < -0.3 is 10.2 Å². The highest BCUT2D eigenvalue weighted by Gasteiger charge is 2.27. The minimum atomic E-state index is 0.0409. The first-order chi connectivity index (χ1) is 9.99. The van der Waals surface area contributed by atoms with E-state index < -0.39 is 0 Å². The van der Waals surface area contributed by atoms with E-state index in [1.54, 1.807) is 0 Å². The third kappa shape index (κ3) is 3.91. The predicted octanol–water partition coefficient (Wildman–Crippen LogP) is 2.17. The summed E-state index contributed by atoms with van der Waals surface area (Å²) < 4.78 is 0. The summed E-state index contributed by atoms with van der Waals surface area (Å²) in [5, 5.41) is 3.35. The molecule has 1 aromatic rings. The Labute approximate surface area is 126 Å². The van der Waals surface area contributed by atoms with Gasteiger partial charge in [-0.15, -0.1) is 0 Å². The summed E-state index contributed by atoms with van der Waals surface area (Å²) in [7, 11) is 0. The molecule has 1 amide bonds. The van der Waals surface area contributed by atoms with E-state index in [4.69, 9.17) is 0 Å². The number of hydrogen-bond donors (Lipinski definition) is 1. The van der Waals surface area contributed by atoms with Gasteiger partial charge in [0.2, 0.25) is 5.91 Å². The van der Waals surface area contributed by atoms with Crippen LogP contribution in [0.2, 0.25) is 0 Å². The Morgan fingerprint density at radius 1 is 1.19 bits per heavy atom. The maximum atomic E-state index is 12.3. The molecule has 0 bridgehead atoms. The Morgan fingerprint density at radius 3 is 2.52 bits per heavy atom. The topological polar surface area (TPSA) is 49.4 Å². The van der Waals surface area contributed by atoms with Crippen LogP contribution in [0.4, 0.5) is 0 Å². The molecule has 1 saturated heterocycles. The van der Waals surface area contributed by atoms with E-state index in [1.807, 2.05) is 36.1 Å². The predicted molar refractivity (Wildman–Crippen MR) is 83.4 cm³/mol. The standard InChI is InChI=1S/C17H24N2O2/c1-12-4-6-15(7-5-12)16(20)8-9-17(21)19-11-10-18-13(2)14(19)3/h4-7,13-14,18H,8-11H2,1-3H3. The summed E-state index contributed by atoms with van der Waals surface area (Å²) >= 11 is 0. The highest BCUT2D eigenvalue weighted by molar-refractivity contribution is 5.98. The van der Waals surface area contributed by atoms with Gasteiger partial charge in [-0.1, -0.05) is 29.8 Å². The molecule has 4 heteroatoms. The van der Waals surface area contributed by atoms with E-state index in [-0.39, 0.29) is 24.2 Å². The van der Waals surface area contributed by atoms with Crippen LogP contribution >= 0.6 is 0 Å². The number of Topliss-reactive ketones (excluding diaryl/α,β-unsaturated/α-hetero) is 1. The lowest BCUT2D eigenvalue weighted by atomic mass is 10.0. The lowest BCUT2D eigenvalue weighted by Gasteiger charge is -2.38. The van der Waals surface area contributed by atoms with Gasteiger partial charge in [0.15, 0.2) is 5.78 Å². The van der Waals surface area contributed by atoms with Crippen molar-refractivity contribution in [2.45, 2.75) is 45.7 Å². The molecule has 114 valence electrons. The van der Waals surface area contributed by atoms with Gasteiger partial charge in [0, 0.05) is 43.6 Å². The lowest BCUT2D eigenvalue weighted by molar-refractivity contribution is -0.134. The molecule has 0 aromatic heterocycles. The third-order valence-electron chi connectivity index (χ3n) is 4.29. The highest BCUT2D eigenvalue weighted by Crippen LogP contribution is 2.13. The van der Waals surface area contributed by atoms with Crippen LogP contribution in [-0.2, 0) is 4.79 Å². The molecule has 1 N–H and O–H groups in total. The fourth-order valence-corrected chi connectivity index (χ4v) is 2.66. The number of carbonyl (C=O) groups is 2.